The monoisotopic (exact) mass is 407 g/mol. The summed E-state index contributed by atoms with van der Waals surface area (Å²) in [6, 6.07) is 1.24. The van der Waals surface area contributed by atoms with Crippen LogP contribution in [0.25, 0.3) is 0 Å². The lowest BCUT2D eigenvalue weighted by Gasteiger charge is -2.38. The number of nitrogens with zero attached hydrogens (tertiary/aromatic N) is 4. The summed E-state index contributed by atoms with van der Waals surface area (Å²) in [6.07, 6.45) is 2.80. The fourth-order valence-electron chi connectivity index (χ4n) is 3.33. The van der Waals surface area contributed by atoms with Crippen LogP contribution < -0.4 is 10.2 Å². The number of methoxy groups -OCH3 is 1. The van der Waals surface area contributed by atoms with Crippen LogP contribution in [0.15, 0.2) is 28.1 Å². The Balaban J connectivity index is 1.64. The number of hydrogen-bond acceptors (Lipinski definition) is 7. The highest BCUT2D eigenvalue weighted by Gasteiger charge is 2.33. The summed E-state index contributed by atoms with van der Waals surface area (Å²) in [5.74, 6) is -0.828. The second-order valence-electron chi connectivity index (χ2n) is 6.64. The largest absolute Gasteiger partial charge is 0.477 e. The van der Waals surface area contributed by atoms with E-state index < -0.39 is 5.97 Å². The topological polar surface area (TPSA) is 117 Å². The number of hydrogen-bond donors (Lipinski definition) is 2. The molecule has 1 saturated heterocycles. The van der Waals surface area contributed by atoms with Crippen molar-refractivity contribution in [2.75, 3.05) is 25.1 Å². The van der Waals surface area contributed by atoms with Crippen molar-refractivity contribution in [3.8, 4) is 0 Å². The molecule has 3 heterocycles. The first kappa shape index (κ1) is 20.2. The standard InChI is InChI=1S/C18H22ClN5O4/c1-3-10-6-12(22-16(10)19)17(25)23-11-4-5-24(8-14(11)28-2)15-7-13(18(26)27)20-9-21-15/h7,9,11,14H,3-6,8H2,1-2H3,(H,23,25)(H,26,27)/t11-,14+/m1/s1. The maximum Gasteiger partial charge on any atom is 0.354 e. The van der Waals surface area contributed by atoms with Gasteiger partial charge in [-0.1, -0.05) is 18.5 Å². The molecule has 0 aliphatic carbocycles. The molecule has 1 amide bonds. The van der Waals surface area contributed by atoms with Crippen LogP contribution in [0.2, 0.25) is 0 Å². The quantitative estimate of drug-likeness (QED) is 0.687. The molecule has 1 aromatic heterocycles. The number of ether oxygens (including phenoxy) is 1. The van der Waals surface area contributed by atoms with Gasteiger partial charge in [0.1, 0.15) is 23.0 Å². The third-order valence-electron chi connectivity index (χ3n) is 4.97. The number of piperidine rings is 1. The number of aromatic nitrogens is 2. The lowest BCUT2D eigenvalue weighted by Crippen LogP contribution is -2.56. The fourth-order valence-corrected chi connectivity index (χ4v) is 3.63. The van der Waals surface area contributed by atoms with Crippen molar-refractivity contribution in [2.24, 2.45) is 4.99 Å². The molecule has 1 aromatic rings. The molecule has 150 valence electrons. The van der Waals surface area contributed by atoms with Crippen molar-refractivity contribution < 1.29 is 19.4 Å². The number of anilines is 1. The third kappa shape index (κ3) is 4.31. The Morgan fingerprint density at radius 2 is 2.21 bits per heavy atom. The molecule has 0 radical (unpaired) electrons. The number of carbonyl (C=O) groups is 2. The summed E-state index contributed by atoms with van der Waals surface area (Å²) in [4.78, 5) is 37.7. The second-order valence-corrected chi connectivity index (χ2v) is 7.00. The molecule has 2 aliphatic heterocycles. The Hall–Kier alpha value is -2.52. The summed E-state index contributed by atoms with van der Waals surface area (Å²) >= 11 is 6.06. The van der Waals surface area contributed by atoms with Gasteiger partial charge in [-0.3, -0.25) is 4.79 Å². The maximum absolute atomic E-state index is 12.6. The van der Waals surface area contributed by atoms with Gasteiger partial charge in [-0.2, -0.15) is 0 Å². The fraction of sp³-hybridized carbons (Fsp3) is 0.500. The summed E-state index contributed by atoms with van der Waals surface area (Å²) < 4.78 is 5.57. The van der Waals surface area contributed by atoms with Gasteiger partial charge in [0, 0.05) is 32.7 Å². The molecule has 9 nitrogen and oxygen atoms in total. The van der Waals surface area contributed by atoms with E-state index in [0.717, 1.165) is 12.0 Å². The Kier molecular flexibility index (Phi) is 6.25. The first-order chi connectivity index (χ1) is 13.4. The van der Waals surface area contributed by atoms with Crippen molar-refractivity contribution in [3.05, 3.63) is 28.8 Å². The minimum atomic E-state index is -1.11. The van der Waals surface area contributed by atoms with E-state index in [4.69, 9.17) is 21.4 Å². The van der Waals surface area contributed by atoms with Crippen molar-refractivity contribution in [3.63, 3.8) is 0 Å². The number of aliphatic imine (C=N–C) groups is 1. The average molecular weight is 408 g/mol. The van der Waals surface area contributed by atoms with Gasteiger partial charge < -0.3 is 20.1 Å². The van der Waals surface area contributed by atoms with Gasteiger partial charge in [-0.25, -0.2) is 19.8 Å². The predicted molar refractivity (Wildman–Crippen MR) is 104 cm³/mol. The molecule has 2 N–H and O–H groups in total. The molecule has 0 spiro atoms. The van der Waals surface area contributed by atoms with E-state index in [1.54, 1.807) is 7.11 Å². The zero-order chi connectivity index (χ0) is 20.3. The normalized spacial score (nSPS) is 22.2. The molecule has 0 aromatic carbocycles. The SMILES string of the molecule is CCC1=C(Cl)N=C(C(=O)N[C@@H]2CCN(c3cc(C(=O)O)ncn3)C[C@@H]2OC)C1. The molecule has 2 atom stereocenters. The highest BCUT2D eigenvalue weighted by Crippen LogP contribution is 2.26. The van der Waals surface area contributed by atoms with E-state index in [9.17, 15) is 9.59 Å². The van der Waals surface area contributed by atoms with E-state index in [-0.39, 0.29) is 23.7 Å². The Labute approximate surface area is 167 Å². The number of amides is 1. The van der Waals surface area contributed by atoms with E-state index >= 15 is 0 Å². The third-order valence-corrected chi connectivity index (χ3v) is 5.32. The summed E-state index contributed by atoms with van der Waals surface area (Å²) in [6.45, 7) is 3.03. The van der Waals surface area contributed by atoms with Crippen molar-refractivity contribution >= 4 is 35.0 Å². The van der Waals surface area contributed by atoms with Crippen LogP contribution >= 0.6 is 11.6 Å². The minimum Gasteiger partial charge on any atom is -0.477 e. The van der Waals surface area contributed by atoms with Crippen LogP contribution in [0, 0.1) is 0 Å². The molecule has 1 fully saturated rings. The van der Waals surface area contributed by atoms with Crippen LogP contribution in [-0.2, 0) is 9.53 Å². The zero-order valence-electron chi connectivity index (χ0n) is 15.7. The van der Waals surface area contributed by atoms with Crippen LogP contribution in [-0.4, -0.2) is 65.0 Å². The van der Waals surface area contributed by atoms with Crippen LogP contribution in [0.5, 0.6) is 0 Å². The average Bonchev–Trinajstić information content (AvgIpc) is 3.09. The Morgan fingerprint density at radius 3 is 2.86 bits per heavy atom. The minimum absolute atomic E-state index is 0.0651. The maximum atomic E-state index is 12.6. The highest BCUT2D eigenvalue weighted by molar-refractivity contribution is 6.43. The van der Waals surface area contributed by atoms with E-state index in [1.165, 1.54) is 12.4 Å². The summed E-state index contributed by atoms with van der Waals surface area (Å²) in [5, 5.41) is 12.5. The van der Waals surface area contributed by atoms with Crippen LogP contribution in [0.4, 0.5) is 5.82 Å². The van der Waals surface area contributed by atoms with Gasteiger partial charge in [-0.15, -0.1) is 0 Å². The molecule has 0 saturated carbocycles. The summed E-state index contributed by atoms with van der Waals surface area (Å²) in [7, 11) is 1.58. The highest BCUT2D eigenvalue weighted by atomic mass is 35.5. The van der Waals surface area contributed by atoms with Crippen molar-refractivity contribution in [1.29, 1.82) is 0 Å². The smallest absolute Gasteiger partial charge is 0.354 e. The number of nitrogens with one attached hydrogen (secondary N) is 1. The predicted octanol–water partition coefficient (Wildman–Crippen LogP) is 1.59. The number of carbonyl (C=O) groups excluding carboxylic acids is 1. The first-order valence-corrected chi connectivity index (χ1v) is 9.39. The van der Waals surface area contributed by atoms with Crippen molar-refractivity contribution in [1.82, 2.24) is 15.3 Å². The molecule has 2 aliphatic rings. The number of carboxylic acid groups (broad SMARTS) is 1. The van der Waals surface area contributed by atoms with Gasteiger partial charge in [0.05, 0.1) is 12.1 Å². The van der Waals surface area contributed by atoms with E-state index in [0.29, 0.717) is 42.6 Å². The van der Waals surface area contributed by atoms with Gasteiger partial charge in [-0.05, 0) is 18.4 Å². The Morgan fingerprint density at radius 1 is 1.43 bits per heavy atom. The van der Waals surface area contributed by atoms with Gasteiger partial charge >= 0.3 is 5.97 Å². The van der Waals surface area contributed by atoms with Gasteiger partial charge in [0.15, 0.2) is 5.69 Å². The molecule has 0 bridgehead atoms. The van der Waals surface area contributed by atoms with E-state index in [2.05, 4.69) is 20.3 Å². The van der Waals surface area contributed by atoms with Crippen molar-refractivity contribution in [2.45, 2.75) is 38.3 Å². The molecule has 28 heavy (non-hydrogen) atoms. The zero-order valence-corrected chi connectivity index (χ0v) is 16.4. The van der Waals surface area contributed by atoms with Crippen LogP contribution in [0.3, 0.4) is 0 Å². The number of aromatic carboxylic acids is 1. The molecular formula is C18H22ClN5O4. The van der Waals surface area contributed by atoms with Gasteiger partial charge in [0.25, 0.3) is 5.91 Å². The number of halogens is 1. The van der Waals surface area contributed by atoms with Gasteiger partial charge in [0.2, 0.25) is 0 Å². The molecule has 3 rings (SSSR count). The first-order valence-electron chi connectivity index (χ1n) is 9.02. The second kappa shape index (κ2) is 8.66. The molecule has 10 heteroatoms. The Bertz CT molecular complexity index is 841. The number of rotatable bonds is 6. The lowest BCUT2D eigenvalue weighted by molar-refractivity contribution is -0.116. The molecule has 0 unspecified atom stereocenters. The summed E-state index contributed by atoms with van der Waals surface area (Å²) in [5.41, 5.74) is 1.31. The lowest BCUT2D eigenvalue weighted by atomic mass is 10.0. The number of allylic oxidation sites excluding steroid dienone is 1. The molecular weight excluding hydrogens is 386 g/mol. The van der Waals surface area contributed by atoms with Crippen LogP contribution in [0.1, 0.15) is 36.7 Å². The van der Waals surface area contributed by atoms with E-state index in [1.807, 2.05) is 11.8 Å². The number of carboxylic acids is 1.